The molecule has 0 spiro atoms. The second kappa shape index (κ2) is 4.71. The van der Waals surface area contributed by atoms with Crippen LogP contribution < -0.4 is 10.0 Å². The van der Waals surface area contributed by atoms with Crippen molar-refractivity contribution in [2.75, 3.05) is 33.2 Å². The Morgan fingerprint density at radius 1 is 1.39 bits per heavy atom. The Bertz CT molecular complexity index is 542. The summed E-state index contributed by atoms with van der Waals surface area (Å²) in [6.07, 6.45) is 0. The molecule has 1 aliphatic rings. The molecule has 0 unspecified atom stereocenters. The van der Waals surface area contributed by atoms with Crippen LogP contribution in [0.4, 0.5) is 0 Å². The predicted molar refractivity (Wildman–Crippen MR) is 58.4 cm³/mol. The van der Waals surface area contributed by atoms with Gasteiger partial charge in [-0.25, -0.2) is 8.42 Å². The highest BCUT2D eigenvalue weighted by Gasteiger charge is 2.31. The third-order valence-corrected chi connectivity index (χ3v) is 4.73. The molecule has 1 fully saturated rings. The van der Waals surface area contributed by atoms with Gasteiger partial charge in [0.15, 0.2) is 5.76 Å². The van der Waals surface area contributed by atoms with Crippen LogP contribution in [0.15, 0.2) is 21.6 Å². The topological polar surface area (TPSA) is 95.1 Å². The van der Waals surface area contributed by atoms with E-state index >= 15 is 0 Å². The van der Waals surface area contributed by atoms with Gasteiger partial charge in [-0.1, -0.05) is 0 Å². The third kappa shape index (κ3) is 2.40. The second-order valence-electron chi connectivity index (χ2n) is 4.27. The van der Waals surface area contributed by atoms with Crippen molar-refractivity contribution in [3.05, 3.63) is 17.9 Å². The van der Waals surface area contributed by atoms with E-state index < -0.39 is 21.8 Å². The number of carboxylic acid groups (broad SMARTS) is 1. The Labute approximate surface area is 105 Å². The van der Waals surface area contributed by atoms with Crippen molar-refractivity contribution in [2.45, 2.75) is 5.09 Å². The minimum atomic E-state index is -3.74. The smallest absolute Gasteiger partial charge is 0.276 e. The molecule has 0 saturated carbocycles. The van der Waals surface area contributed by atoms with Gasteiger partial charge in [0.05, 0.1) is 33.2 Å². The molecule has 100 valence electrons. The van der Waals surface area contributed by atoms with E-state index in [1.54, 1.807) is 0 Å². The second-order valence-corrected chi connectivity index (χ2v) is 6.14. The van der Waals surface area contributed by atoms with Crippen LogP contribution >= 0.6 is 0 Å². The molecule has 0 aromatic carbocycles. The lowest BCUT2D eigenvalue weighted by molar-refractivity contribution is -0.883. The molecule has 1 aliphatic heterocycles. The first-order valence-corrected chi connectivity index (χ1v) is 6.98. The maximum atomic E-state index is 12.1. The van der Waals surface area contributed by atoms with Crippen LogP contribution in [0.5, 0.6) is 0 Å². The number of rotatable bonds is 3. The van der Waals surface area contributed by atoms with Gasteiger partial charge in [0, 0.05) is 0 Å². The van der Waals surface area contributed by atoms with Crippen molar-refractivity contribution in [3.63, 3.8) is 0 Å². The molecule has 0 aliphatic carbocycles. The van der Waals surface area contributed by atoms with Crippen LogP contribution in [0.2, 0.25) is 0 Å². The molecule has 1 N–H and O–H groups in total. The minimum absolute atomic E-state index is 0.346. The monoisotopic (exact) mass is 274 g/mol. The number of hydrogen-bond acceptors (Lipinski definition) is 5. The van der Waals surface area contributed by atoms with Crippen LogP contribution in [-0.2, 0) is 10.0 Å². The van der Waals surface area contributed by atoms with Gasteiger partial charge in [0.2, 0.25) is 5.09 Å². The van der Waals surface area contributed by atoms with Crippen LogP contribution in [0.3, 0.4) is 0 Å². The first-order chi connectivity index (χ1) is 8.41. The van der Waals surface area contributed by atoms with Crippen molar-refractivity contribution < 1.29 is 27.6 Å². The van der Waals surface area contributed by atoms with Gasteiger partial charge in [-0.05, 0) is 12.1 Å². The number of aromatic carboxylic acids is 1. The zero-order valence-corrected chi connectivity index (χ0v) is 10.7. The standard InChI is InChI=1S/C10H14N2O5S/c1-11-4-6-12(7-5-11)18(15,16)9-3-2-8(17-9)10(13)14/h2-3H,4-7H2,1H3,(H,13,14). The Hall–Kier alpha value is -1.38. The van der Waals surface area contributed by atoms with Crippen LogP contribution in [0, 0.1) is 0 Å². The summed E-state index contributed by atoms with van der Waals surface area (Å²) < 4.78 is 30.4. The molecule has 0 amide bonds. The summed E-state index contributed by atoms with van der Waals surface area (Å²) >= 11 is 0. The first-order valence-electron chi connectivity index (χ1n) is 5.54. The van der Waals surface area contributed by atoms with Crippen LogP contribution in [0.25, 0.3) is 0 Å². The molecule has 1 aromatic heterocycles. The zero-order chi connectivity index (χ0) is 13.3. The van der Waals surface area contributed by atoms with Gasteiger partial charge in [-0.15, -0.1) is 0 Å². The Morgan fingerprint density at radius 2 is 2.00 bits per heavy atom. The van der Waals surface area contributed by atoms with E-state index in [0.717, 1.165) is 12.1 Å². The van der Waals surface area contributed by atoms with E-state index in [1.807, 2.05) is 7.05 Å². The molecule has 1 aromatic rings. The lowest BCUT2D eigenvalue weighted by atomic mass is 10.4. The number of quaternary nitrogens is 1. The lowest BCUT2D eigenvalue weighted by Crippen LogP contribution is -3.12. The maximum absolute atomic E-state index is 12.1. The molecule has 7 nitrogen and oxygen atoms in total. The van der Waals surface area contributed by atoms with Crippen molar-refractivity contribution in [1.82, 2.24) is 4.31 Å². The van der Waals surface area contributed by atoms with Gasteiger partial charge in [-0.2, -0.15) is 4.31 Å². The fourth-order valence-electron chi connectivity index (χ4n) is 1.80. The fraction of sp³-hybridized carbons (Fsp3) is 0.500. The Kier molecular flexibility index (Phi) is 3.42. The number of likely N-dealkylation sites (N-methyl/N-ethyl adjacent to an activating group) is 1. The number of carbonyl (C=O) groups excluding carboxylic acids is 1. The highest BCUT2D eigenvalue weighted by molar-refractivity contribution is 7.89. The van der Waals surface area contributed by atoms with E-state index in [1.165, 1.54) is 9.21 Å². The van der Waals surface area contributed by atoms with Gasteiger partial charge in [0.25, 0.3) is 10.0 Å². The van der Waals surface area contributed by atoms with Crippen LogP contribution in [0.1, 0.15) is 10.6 Å². The fourth-order valence-corrected chi connectivity index (χ4v) is 3.16. The van der Waals surface area contributed by atoms with E-state index in [9.17, 15) is 18.3 Å². The molecule has 1 saturated heterocycles. The van der Waals surface area contributed by atoms with Gasteiger partial charge in [-0.3, -0.25) is 0 Å². The van der Waals surface area contributed by atoms with E-state index in [4.69, 9.17) is 4.42 Å². The van der Waals surface area contributed by atoms with Crippen LogP contribution in [-0.4, -0.2) is 51.9 Å². The largest absolute Gasteiger partial charge is 0.542 e. The molecule has 18 heavy (non-hydrogen) atoms. The molecule has 8 heteroatoms. The quantitative estimate of drug-likeness (QED) is 0.641. The van der Waals surface area contributed by atoms with Gasteiger partial charge >= 0.3 is 0 Å². The van der Waals surface area contributed by atoms with Crippen molar-refractivity contribution >= 4 is 16.0 Å². The van der Waals surface area contributed by atoms with Crippen molar-refractivity contribution in [1.29, 1.82) is 0 Å². The number of carboxylic acids is 1. The number of carbonyl (C=O) groups is 1. The summed E-state index contributed by atoms with van der Waals surface area (Å²) in [4.78, 5) is 11.8. The molecule has 2 heterocycles. The summed E-state index contributed by atoms with van der Waals surface area (Å²) in [7, 11) is -1.74. The van der Waals surface area contributed by atoms with E-state index in [0.29, 0.717) is 26.2 Å². The predicted octanol–water partition coefficient (Wildman–Crippen LogP) is -2.84. The normalized spacial score (nSPS) is 18.9. The summed E-state index contributed by atoms with van der Waals surface area (Å²) in [6.45, 7) is 2.23. The average molecular weight is 274 g/mol. The summed E-state index contributed by atoms with van der Waals surface area (Å²) in [6, 6.07) is 2.23. The number of hydrogen-bond donors (Lipinski definition) is 1. The van der Waals surface area contributed by atoms with Crippen molar-refractivity contribution in [2.24, 2.45) is 0 Å². The molecular formula is C10H14N2O5S. The Morgan fingerprint density at radius 3 is 2.50 bits per heavy atom. The average Bonchev–Trinajstić information content (AvgIpc) is 2.79. The molecule has 0 bridgehead atoms. The third-order valence-electron chi connectivity index (χ3n) is 2.95. The Balaban J connectivity index is 2.22. The lowest BCUT2D eigenvalue weighted by Gasteiger charge is -2.28. The van der Waals surface area contributed by atoms with Crippen molar-refractivity contribution in [3.8, 4) is 0 Å². The van der Waals surface area contributed by atoms with Gasteiger partial charge in [0.1, 0.15) is 5.97 Å². The number of sulfonamides is 1. The summed E-state index contributed by atoms with van der Waals surface area (Å²) in [5.41, 5.74) is 0. The number of furan rings is 1. The number of nitrogens with one attached hydrogen (secondary N) is 1. The van der Waals surface area contributed by atoms with Gasteiger partial charge < -0.3 is 19.2 Å². The summed E-state index contributed by atoms with van der Waals surface area (Å²) in [5, 5.41) is 10.2. The number of nitrogens with zero attached hydrogens (tertiary/aromatic N) is 1. The van der Waals surface area contributed by atoms with E-state index in [2.05, 4.69) is 0 Å². The molecule has 2 rings (SSSR count). The molecule has 0 radical (unpaired) electrons. The number of piperazine rings is 1. The first kappa shape index (κ1) is 13.1. The minimum Gasteiger partial charge on any atom is -0.542 e. The summed E-state index contributed by atoms with van der Waals surface area (Å²) in [5.74, 6) is -2.01. The molecule has 0 atom stereocenters. The highest BCUT2D eigenvalue weighted by Crippen LogP contribution is 2.18. The maximum Gasteiger partial charge on any atom is 0.276 e. The zero-order valence-electron chi connectivity index (χ0n) is 9.88. The highest BCUT2D eigenvalue weighted by atomic mass is 32.2. The van der Waals surface area contributed by atoms with E-state index in [-0.39, 0.29) is 5.09 Å². The SMILES string of the molecule is C[NH+]1CCN(S(=O)(=O)c2ccc(C(=O)[O-])o2)CC1. The molecular weight excluding hydrogens is 260 g/mol.